The van der Waals surface area contributed by atoms with E-state index in [1.165, 1.54) is 18.7 Å². The van der Waals surface area contributed by atoms with Gasteiger partial charge in [0.15, 0.2) is 0 Å². The zero-order chi connectivity index (χ0) is 11.8. The number of amides is 1. The van der Waals surface area contributed by atoms with E-state index in [1.54, 1.807) is 0 Å². The zero-order valence-electron chi connectivity index (χ0n) is 9.24. The second-order valence-corrected chi connectivity index (χ2v) is 4.49. The third-order valence-corrected chi connectivity index (χ3v) is 3.57. The SMILES string of the molecule is NC1C2CCOC2C1NC(=O)c1cncnc1. The number of rotatable bonds is 2. The molecule has 1 amide bonds. The Morgan fingerprint density at radius 2 is 2.24 bits per heavy atom. The van der Waals surface area contributed by atoms with Crippen LogP contribution in [0.4, 0.5) is 0 Å². The van der Waals surface area contributed by atoms with Crippen molar-refractivity contribution in [2.75, 3.05) is 6.61 Å². The van der Waals surface area contributed by atoms with E-state index in [0.29, 0.717) is 11.5 Å². The number of carbonyl (C=O) groups is 1. The predicted molar refractivity (Wildman–Crippen MR) is 59.1 cm³/mol. The average molecular weight is 234 g/mol. The maximum absolute atomic E-state index is 11.9. The first-order chi connectivity index (χ1) is 8.27. The summed E-state index contributed by atoms with van der Waals surface area (Å²) < 4.78 is 5.55. The number of carbonyl (C=O) groups excluding carboxylic acids is 1. The summed E-state index contributed by atoms with van der Waals surface area (Å²) in [6.07, 6.45) is 5.44. The third-order valence-electron chi connectivity index (χ3n) is 3.57. The van der Waals surface area contributed by atoms with E-state index in [4.69, 9.17) is 10.5 Å². The van der Waals surface area contributed by atoms with Gasteiger partial charge in [-0.3, -0.25) is 4.79 Å². The molecule has 1 aliphatic carbocycles. The lowest BCUT2D eigenvalue weighted by atomic mass is 9.72. The summed E-state index contributed by atoms with van der Waals surface area (Å²) >= 11 is 0. The van der Waals surface area contributed by atoms with Crippen molar-refractivity contribution in [1.29, 1.82) is 0 Å². The van der Waals surface area contributed by atoms with Crippen LogP contribution in [0.25, 0.3) is 0 Å². The molecule has 2 heterocycles. The fourth-order valence-corrected chi connectivity index (χ4v) is 2.58. The van der Waals surface area contributed by atoms with Gasteiger partial charge >= 0.3 is 0 Å². The normalized spacial score (nSPS) is 34.9. The van der Waals surface area contributed by atoms with Crippen molar-refractivity contribution in [1.82, 2.24) is 15.3 Å². The van der Waals surface area contributed by atoms with Crippen molar-refractivity contribution in [3.8, 4) is 0 Å². The van der Waals surface area contributed by atoms with Gasteiger partial charge in [0.2, 0.25) is 0 Å². The molecule has 2 fully saturated rings. The predicted octanol–water partition coefficient (Wildman–Crippen LogP) is -0.679. The molecular weight excluding hydrogens is 220 g/mol. The summed E-state index contributed by atoms with van der Waals surface area (Å²) in [5.41, 5.74) is 6.45. The molecule has 1 saturated heterocycles. The van der Waals surface area contributed by atoms with Crippen molar-refractivity contribution in [3.05, 3.63) is 24.3 Å². The summed E-state index contributed by atoms with van der Waals surface area (Å²) in [5, 5.41) is 2.88. The lowest BCUT2D eigenvalue weighted by Gasteiger charge is -2.45. The molecule has 0 bridgehead atoms. The minimum absolute atomic E-state index is 0.00363. The van der Waals surface area contributed by atoms with E-state index in [1.807, 2.05) is 0 Å². The molecule has 0 aromatic carbocycles. The summed E-state index contributed by atoms with van der Waals surface area (Å²) in [4.78, 5) is 19.5. The smallest absolute Gasteiger partial charge is 0.254 e. The minimum Gasteiger partial charge on any atom is -0.376 e. The average Bonchev–Trinajstić information content (AvgIpc) is 2.81. The summed E-state index contributed by atoms with van der Waals surface area (Å²) in [5.74, 6) is 0.201. The van der Waals surface area contributed by atoms with Crippen LogP contribution in [0, 0.1) is 5.92 Å². The largest absolute Gasteiger partial charge is 0.376 e. The van der Waals surface area contributed by atoms with Crippen molar-refractivity contribution < 1.29 is 9.53 Å². The number of hydrogen-bond acceptors (Lipinski definition) is 5. The molecule has 2 aliphatic rings. The molecule has 0 radical (unpaired) electrons. The lowest BCUT2D eigenvalue weighted by Crippen LogP contribution is -2.68. The second kappa shape index (κ2) is 4.05. The van der Waals surface area contributed by atoms with Crippen LogP contribution in [-0.2, 0) is 4.74 Å². The second-order valence-electron chi connectivity index (χ2n) is 4.49. The van der Waals surface area contributed by atoms with Crippen LogP contribution in [0.15, 0.2) is 18.7 Å². The number of hydrogen-bond donors (Lipinski definition) is 2. The molecule has 90 valence electrons. The minimum atomic E-state index is -0.194. The van der Waals surface area contributed by atoms with Crippen molar-refractivity contribution in [2.45, 2.75) is 24.6 Å². The molecule has 3 N–H and O–H groups in total. The highest BCUT2D eigenvalue weighted by molar-refractivity contribution is 5.93. The van der Waals surface area contributed by atoms with Gasteiger partial charge in [0.25, 0.3) is 5.91 Å². The summed E-state index contributed by atoms with van der Waals surface area (Å²) in [7, 11) is 0. The van der Waals surface area contributed by atoms with Crippen LogP contribution in [0.5, 0.6) is 0 Å². The van der Waals surface area contributed by atoms with Crippen LogP contribution in [0.2, 0.25) is 0 Å². The van der Waals surface area contributed by atoms with Crippen LogP contribution < -0.4 is 11.1 Å². The highest BCUT2D eigenvalue weighted by Gasteiger charge is 2.52. The van der Waals surface area contributed by atoms with Gasteiger partial charge in [0.1, 0.15) is 6.33 Å². The zero-order valence-corrected chi connectivity index (χ0v) is 9.24. The molecule has 1 aromatic heterocycles. The molecule has 6 nitrogen and oxygen atoms in total. The topological polar surface area (TPSA) is 90.1 Å². The molecule has 0 spiro atoms. The van der Waals surface area contributed by atoms with Gasteiger partial charge < -0.3 is 15.8 Å². The first-order valence-corrected chi connectivity index (χ1v) is 5.70. The monoisotopic (exact) mass is 234 g/mol. The Bertz CT molecular complexity index is 425. The first-order valence-electron chi connectivity index (χ1n) is 5.70. The maximum atomic E-state index is 11.9. The van der Waals surface area contributed by atoms with Gasteiger partial charge in [-0.25, -0.2) is 9.97 Å². The van der Waals surface area contributed by atoms with Crippen LogP contribution in [0.3, 0.4) is 0 Å². The van der Waals surface area contributed by atoms with Crippen LogP contribution >= 0.6 is 0 Å². The Hall–Kier alpha value is -1.53. The van der Waals surface area contributed by atoms with Crippen LogP contribution in [0.1, 0.15) is 16.8 Å². The number of nitrogens with two attached hydrogens (primary N) is 1. The highest BCUT2D eigenvalue weighted by atomic mass is 16.5. The van der Waals surface area contributed by atoms with Gasteiger partial charge in [-0.05, 0) is 6.42 Å². The molecule has 4 unspecified atom stereocenters. The Kier molecular flexibility index (Phi) is 2.53. The third kappa shape index (κ3) is 1.69. The van der Waals surface area contributed by atoms with Crippen LogP contribution in [-0.4, -0.2) is 40.7 Å². The Balaban J connectivity index is 1.66. The van der Waals surface area contributed by atoms with E-state index in [2.05, 4.69) is 15.3 Å². The number of nitrogens with zero attached hydrogens (tertiary/aromatic N) is 2. The van der Waals surface area contributed by atoms with E-state index in [9.17, 15) is 4.79 Å². The molecule has 4 atom stereocenters. The number of ether oxygens (including phenoxy) is 1. The number of aromatic nitrogens is 2. The Morgan fingerprint density at radius 1 is 1.47 bits per heavy atom. The van der Waals surface area contributed by atoms with Gasteiger partial charge in [-0.2, -0.15) is 0 Å². The van der Waals surface area contributed by atoms with E-state index >= 15 is 0 Å². The van der Waals surface area contributed by atoms with Gasteiger partial charge in [0, 0.05) is 31.0 Å². The summed E-state index contributed by atoms with van der Waals surface area (Å²) in [6, 6.07) is -0.0914. The molecule has 17 heavy (non-hydrogen) atoms. The Labute approximate surface area is 98.6 Å². The number of fused-ring (bicyclic) bond motifs is 1. The lowest BCUT2D eigenvalue weighted by molar-refractivity contribution is -0.0161. The van der Waals surface area contributed by atoms with Crippen molar-refractivity contribution in [3.63, 3.8) is 0 Å². The van der Waals surface area contributed by atoms with Gasteiger partial charge in [-0.15, -0.1) is 0 Å². The van der Waals surface area contributed by atoms with Crippen molar-refractivity contribution >= 4 is 5.91 Å². The molecular formula is C11H14N4O2. The molecule has 1 saturated carbocycles. The molecule has 3 rings (SSSR count). The van der Waals surface area contributed by atoms with Gasteiger partial charge in [-0.1, -0.05) is 0 Å². The summed E-state index contributed by atoms with van der Waals surface area (Å²) in [6.45, 7) is 0.740. The van der Waals surface area contributed by atoms with E-state index in [-0.39, 0.29) is 24.1 Å². The van der Waals surface area contributed by atoms with Gasteiger partial charge in [0.05, 0.1) is 17.7 Å². The standard InChI is InChI=1S/C11H14N4O2/c12-8-7-1-2-17-10(7)9(8)15-11(16)6-3-13-5-14-4-6/h3-5,7-10H,1-2,12H2,(H,15,16). The fourth-order valence-electron chi connectivity index (χ4n) is 2.58. The van der Waals surface area contributed by atoms with E-state index < -0.39 is 0 Å². The quantitative estimate of drug-likeness (QED) is 0.707. The highest BCUT2D eigenvalue weighted by Crippen LogP contribution is 2.37. The Morgan fingerprint density at radius 3 is 3.00 bits per heavy atom. The fraction of sp³-hybridized carbons (Fsp3) is 0.545. The number of nitrogens with one attached hydrogen (secondary N) is 1. The first kappa shape index (κ1) is 10.6. The van der Waals surface area contributed by atoms with E-state index in [0.717, 1.165) is 13.0 Å². The van der Waals surface area contributed by atoms with Crippen molar-refractivity contribution in [2.24, 2.45) is 11.7 Å². The molecule has 1 aliphatic heterocycles. The maximum Gasteiger partial charge on any atom is 0.254 e. The molecule has 1 aromatic rings. The molecule has 6 heteroatoms.